The van der Waals surface area contributed by atoms with Crippen LogP contribution < -0.4 is 5.32 Å². The van der Waals surface area contributed by atoms with E-state index in [2.05, 4.69) is 10.1 Å². The molecule has 0 spiro atoms. The molecule has 1 N–H and O–H groups in total. The van der Waals surface area contributed by atoms with Crippen LogP contribution in [0.25, 0.3) is 0 Å². The number of urea groups is 1. The number of nitrogens with zero attached hydrogens (tertiary/aromatic N) is 2. The molecule has 1 unspecified atom stereocenters. The van der Waals surface area contributed by atoms with Crippen LogP contribution in [0.2, 0.25) is 0 Å². The van der Waals surface area contributed by atoms with Gasteiger partial charge >= 0.3 is 17.9 Å². The Morgan fingerprint density at radius 3 is 2.66 bits per heavy atom. The Morgan fingerprint density at radius 1 is 1.19 bits per heavy atom. The number of anilines is 1. The van der Waals surface area contributed by atoms with Gasteiger partial charge in [-0.3, -0.25) is 4.79 Å². The number of benzene rings is 1. The summed E-state index contributed by atoms with van der Waals surface area (Å²) in [6.07, 6.45) is 2.28. The van der Waals surface area contributed by atoms with E-state index in [1.807, 2.05) is 17.5 Å². The van der Waals surface area contributed by atoms with Crippen LogP contribution in [0.3, 0.4) is 0 Å². The van der Waals surface area contributed by atoms with Gasteiger partial charge in [0.2, 0.25) is 0 Å². The van der Waals surface area contributed by atoms with Gasteiger partial charge in [-0.25, -0.2) is 9.59 Å². The number of imide groups is 1. The van der Waals surface area contributed by atoms with Crippen LogP contribution >= 0.6 is 23.1 Å². The van der Waals surface area contributed by atoms with Gasteiger partial charge in [0.05, 0.1) is 12.7 Å². The molecule has 32 heavy (non-hydrogen) atoms. The van der Waals surface area contributed by atoms with Crippen LogP contribution in [0.5, 0.6) is 0 Å². The van der Waals surface area contributed by atoms with Crippen molar-refractivity contribution in [1.29, 1.82) is 0 Å². The number of thioether (sulfide) groups is 1. The molecule has 4 rings (SSSR count). The Morgan fingerprint density at radius 2 is 1.97 bits per heavy atom. The summed E-state index contributed by atoms with van der Waals surface area (Å²) in [4.78, 5) is 52.5. The Labute approximate surface area is 192 Å². The Kier molecular flexibility index (Phi) is 6.52. The highest BCUT2D eigenvalue weighted by Gasteiger charge is 2.49. The minimum Gasteiger partial charge on any atom is -0.465 e. The van der Waals surface area contributed by atoms with E-state index in [-0.39, 0.29) is 19.0 Å². The quantitative estimate of drug-likeness (QED) is 0.494. The highest BCUT2D eigenvalue weighted by molar-refractivity contribution is 8.04. The van der Waals surface area contributed by atoms with Crippen molar-refractivity contribution >= 4 is 58.3 Å². The van der Waals surface area contributed by atoms with E-state index in [1.165, 1.54) is 28.3 Å². The third kappa shape index (κ3) is 4.51. The van der Waals surface area contributed by atoms with Crippen LogP contribution in [-0.4, -0.2) is 64.5 Å². The van der Waals surface area contributed by atoms with Gasteiger partial charge in [0, 0.05) is 17.0 Å². The lowest BCUT2D eigenvalue weighted by atomic mass is 10.1. The normalized spacial score (nSPS) is 17.5. The minimum absolute atomic E-state index is 0.225. The molecular formula is C22H20N3O5S2+. The summed E-state index contributed by atoms with van der Waals surface area (Å²) < 4.78 is 6.01. The van der Waals surface area contributed by atoms with Gasteiger partial charge in [-0.2, -0.15) is 14.3 Å². The van der Waals surface area contributed by atoms with Crippen molar-refractivity contribution in [2.24, 2.45) is 0 Å². The summed E-state index contributed by atoms with van der Waals surface area (Å²) in [5, 5.41) is 5.92. The number of hydrogen-bond donors (Lipinski definition) is 1. The summed E-state index contributed by atoms with van der Waals surface area (Å²) in [7, 11) is 1.29. The molecule has 0 fully saturated rings. The van der Waals surface area contributed by atoms with Crippen LogP contribution in [0.15, 0.2) is 53.3 Å². The summed E-state index contributed by atoms with van der Waals surface area (Å²) >= 11 is 2.90. The fourth-order valence-corrected chi connectivity index (χ4v) is 5.11. The number of allylic oxidation sites excluding steroid dienone is 1. The summed E-state index contributed by atoms with van der Waals surface area (Å²) in [5.41, 5.74) is 1.37. The molecule has 1 atom stereocenters. The maximum absolute atomic E-state index is 13.1. The summed E-state index contributed by atoms with van der Waals surface area (Å²) in [6.45, 7) is 0.0345. The van der Waals surface area contributed by atoms with Gasteiger partial charge in [-0.05, 0) is 47.2 Å². The van der Waals surface area contributed by atoms with E-state index >= 15 is 0 Å². The lowest BCUT2D eigenvalue weighted by molar-refractivity contribution is -0.425. The number of methoxy groups -OCH3 is 1. The van der Waals surface area contributed by atoms with Crippen molar-refractivity contribution in [3.63, 3.8) is 0 Å². The average molecular weight is 471 g/mol. The molecule has 0 aliphatic carbocycles. The third-order valence-electron chi connectivity index (χ3n) is 5.04. The first-order valence-corrected chi connectivity index (χ1v) is 11.6. The van der Waals surface area contributed by atoms with Crippen molar-refractivity contribution in [3.05, 3.63) is 63.7 Å². The highest BCUT2D eigenvalue weighted by Crippen LogP contribution is 2.28. The Bertz CT molecular complexity index is 1120. The average Bonchev–Trinajstić information content (AvgIpc) is 3.49. The number of hydrogen-bond acceptors (Lipinski definition) is 7. The Hall–Kier alpha value is -3.24. The van der Waals surface area contributed by atoms with Crippen molar-refractivity contribution in [2.75, 3.05) is 25.5 Å². The molecule has 1 aromatic carbocycles. The summed E-state index contributed by atoms with van der Waals surface area (Å²) in [5.74, 6) is -1.14. The Balaban J connectivity index is 1.48. The topological polar surface area (TPSA) is 95.8 Å². The second kappa shape index (κ2) is 9.49. The van der Waals surface area contributed by atoms with E-state index in [9.17, 15) is 19.2 Å². The SMILES string of the molecule is COC(=O)c1ccc(NC(=O)C[N+]2=C3C=CSC3C(=O)N(CCc3cccs3)C2=O)cc1. The lowest BCUT2D eigenvalue weighted by Crippen LogP contribution is -2.56. The van der Waals surface area contributed by atoms with E-state index < -0.39 is 23.2 Å². The van der Waals surface area contributed by atoms with Crippen LogP contribution in [0.1, 0.15) is 15.2 Å². The molecule has 4 amide bonds. The molecule has 10 heteroatoms. The smallest absolute Gasteiger partial charge is 0.465 e. The highest BCUT2D eigenvalue weighted by atomic mass is 32.2. The van der Waals surface area contributed by atoms with Crippen molar-refractivity contribution in [2.45, 2.75) is 11.7 Å². The molecule has 0 bridgehead atoms. The minimum atomic E-state index is -0.525. The molecule has 3 heterocycles. The van der Waals surface area contributed by atoms with E-state index in [4.69, 9.17) is 0 Å². The molecular weight excluding hydrogens is 450 g/mol. The van der Waals surface area contributed by atoms with E-state index in [0.29, 0.717) is 23.4 Å². The van der Waals surface area contributed by atoms with Crippen molar-refractivity contribution in [3.8, 4) is 0 Å². The number of esters is 1. The fraction of sp³-hybridized carbons (Fsp3) is 0.227. The maximum atomic E-state index is 13.1. The molecule has 0 radical (unpaired) electrons. The first-order valence-electron chi connectivity index (χ1n) is 9.80. The molecule has 0 saturated carbocycles. The first-order chi connectivity index (χ1) is 15.5. The monoisotopic (exact) mass is 470 g/mol. The third-order valence-corrected chi connectivity index (χ3v) is 6.98. The summed E-state index contributed by atoms with van der Waals surface area (Å²) in [6, 6.07) is 9.64. The number of carbonyl (C=O) groups is 4. The number of ether oxygens (including phenoxy) is 1. The van der Waals surface area contributed by atoms with Gasteiger partial charge < -0.3 is 10.1 Å². The number of carbonyl (C=O) groups excluding carboxylic acids is 4. The second-order valence-electron chi connectivity index (χ2n) is 7.05. The van der Waals surface area contributed by atoms with Crippen LogP contribution in [-0.2, 0) is 20.7 Å². The van der Waals surface area contributed by atoms with Crippen molar-refractivity contribution in [1.82, 2.24) is 4.90 Å². The number of thiophene rings is 1. The zero-order chi connectivity index (χ0) is 22.7. The van der Waals surface area contributed by atoms with Gasteiger partial charge in [0.25, 0.3) is 5.91 Å². The molecule has 2 aromatic rings. The predicted octanol–water partition coefficient (Wildman–Crippen LogP) is 2.76. The number of fused-ring (bicyclic) bond motifs is 1. The van der Waals surface area contributed by atoms with Gasteiger partial charge in [0.1, 0.15) is 12.3 Å². The second-order valence-corrected chi connectivity index (χ2v) is 9.10. The maximum Gasteiger partial charge on any atom is 0.501 e. The largest absolute Gasteiger partial charge is 0.501 e. The molecule has 2 aliphatic rings. The zero-order valence-electron chi connectivity index (χ0n) is 17.1. The van der Waals surface area contributed by atoms with E-state index in [1.54, 1.807) is 47.1 Å². The zero-order valence-corrected chi connectivity index (χ0v) is 18.8. The number of nitrogens with one attached hydrogen (secondary N) is 1. The molecule has 8 nitrogen and oxygen atoms in total. The van der Waals surface area contributed by atoms with E-state index in [0.717, 1.165) is 4.88 Å². The molecule has 164 valence electrons. The lowest BCUT2D eigenvalue weighted by Gasteiger charge is -2.24. The van der Waals surface area contributed by atoms with Crippen LogP contribution in [0, 0.1) is 0 Å². The van der Waals surface area contributed by atoms with Gasteiger partial charge in [0.15, 0.2) is 11.8 Å². The first kappa shape index (κ1) is 22.0. The molecule has 2 aliphatic heterocycles. The molecule has 0 saturated heterocycles. The predicted molar refractivity (Wildman–Crippen MR) is 122 cm³/mol. The number of amides is 4. The van der Waals surface area contributed by atoms with Gasteiger partial charge in [-0.1, -0.05) is 6.07 Å². The standard InChI is InChI=1S/C22H19N3O5S2/c1-30-21(28)14-4-6-15(7-5-14)23-18(26)13-25-17-9-12-32-19(17)20(27)24(22(25)29)10-8-16-3-2-11-31-16/h2-7,9,11-12,19H,8,10,13H2,1H3/p+1. The van der Waals surface area contributed by atoms with Crippen LogP contribution in [0.4, 0.5) is 10.5 Å². The van der Waals surface area contributed by atoms with Crippen molar-refractivity contribution < 1.29 is 28.5 Å². The number of rotatable bonds is 7. The molecule has 1 aromatic heterocycles. The van der Waals surface area contributed by atoms with Gasteiger partial charge in [-0.15, -0.1) is 23.1 Å². The fourth-order valence-electron chi connectivity index (χ4n) is 3.45.